The molecule has 0 bridgehead atoms. The van der Waals surface area contributed by atoms with Crippen molar-refractivity contribution < 1.29 is 9.72 Å². The fourth-order valence-corrected chi connectivity index (χ4v) is 4.55. The number of non-ortho nitro benzene ring substituents is 1. The molecule has 1 aromatic heterocycles. The van der Waals surface area contributed by atoms with Gasteiger partial charge in [-0.25, -0.2) is 4.68 Å². The summed E-state index contributed by atoms with van der Waals surface area (Å²) in [5.74, 6) is -0.130. The Kier molecular flexibility index (Phi) is 5.97. The summed E-state index contributed by atoms with van der Waals surface area (Å²) in [6, 6.07) is 15.9. The van der Waals surface area contributed by atoms with Gasteiger partial charge in [0.1, 0.15) is 10.0 Å². The van der Waals surface area contributed by atoms with Gasteiger partial charge >= 0.3 is 0 Å². The lowest BCUT2D eigenvalue weighted by molar-refractivity contribution is -0.384. The molecule has 4 rings (SSSR count). The van der Waals surface area contributed by atoms with Crippen molar-refractivity contribution in [1.29, 1.82) is 0 Å². The van der Waals surface area contributed by atoms with Crippen LogP contribution >= 0.6 is 24.0 Å². The van der Waals surface area contributed by atoms with E-state index in [1.54, 1.807) is 27.8 Å². The Balaban J connectivity index is 1.82. The molecular weight excluding hydrogens is 432 g/mol. The average Bonchev–Trinajstić information content (AvgIpc) is 3.31. The topological polar surface area (TPSA) is 81.3 Å². The van der Waals surface area contributed by atoms with E-state index in [9.17, 15) is 14.9 Å². The van der Waals surface area contributed by atoms with Gasteiger partial charge in [-0.1, -0.05) is 61.2 Å². The highest BCUT2D eigenvalue weighted by molar-refractivity contribution is 8.26. The maximum Gasteiger partial charge on any atom is 0.270 e. The van der Waals surface area contributed by atoms with Crippen LogP contribution in [0.25, 0.3) is 23.0 Å². The van der Waals surface area contributed by atoms with Crippen LogP contribution in [0.1, 0.15) is 18.9 Å². The minimum Gasteiger partial charge on any atom is -0.293 e. The Bertz CT molecular complexity index is 1200. The van der Waals surface area contributed by atoms with E-state index in [0.717, 1.165) is 12.1 Å². The molecule has 1 aliphatic rings. The number of nitro groups is 1. The quantitative estimate of drug-likeness (QED) is 0.226. The van der Waals surface area contributed by atoms with Gasteiger partial charge in [-0.15, -0.1) is 0 Å². The van der Waals surface area contributed by atoms with Crippen molar-refractivity contribution in [3.05, 3.63) is 81.4 Å². The number of carbonyl (C=O) groups excluding carboxylic acids is 1. The van der Waals surface area contributed by atoms with Gasteiger partial charge in [0.2, 0.25) is 0 Å². The minimum atomic E-state index is -0.437. The average molecular weight is 451 g/mol. The molecule has 156 valence electrons. The third kappa shape index (κ3) is 4.28. The van der Waals surface area contributed by atoms with Crippen molar-refractivity contribution in [2.45, 2.75) is 13.3 Å². The Labute approximate surface area is 188 Å². The number of carbonyl (C=O) groups is 1. The number of rotatable bonds is 6. The van der Waals surface area contributed by atoms with E-state index in [0.29, 0.717) is 32.6 Å². The lowest BCUT2D eigenvalue weighted by atomic mass is 10.1. The Morgan fingerprint density at radius 1 is 1.19 bits per heavy atom. The standard InChI is InChI=1S/C22H18N4O3S2/c1-2-11-24-21(27)19(31-22(24)30)13-16-14-25(17-8-4-3-5-9-17)23-20(16)15-7-6-10-18(12-15)26(28)29/h3-10,12-14H,2,11H2,1H3. The molecule has 7 nitrogen and oxygen atoms in total. The van der Waals surface area contributed by atoms with E-state index in [-0.39, 0.29) is 11.6 Å². The second kappa shape index (κ2) is 8.83. The van der Waals surface area contributed by atoms with Crippen molar-refractivity contribution >= 4 is 46.0 Å². The normalized spacial score (nSPS) is 15.1. The van der Waals surface area contributed by atoms with E-state index < -0.39 is 4.92 Å². The van der Waals surface area contributed by atoms with Crippen molar-refractivity contribution in [1.82, 2.24) is 14.7 Å². The number of thiocarbonyl (C=S) groups is 1. The van der Waals surface area contributed by atoms with Crippen LogP contribution < -0.4 is 0 Å². The zero-order chi connectivity index (χ0) is 22.0. The van der Waals surface area contributed by atoms with E-state index in [2.05, 4.69) is 5.10 Å². The zero-order valence-corrected chi connectivity index (χ0v) is 18.2. The second-order valence-electron chi connectivity index (χ2n) is 6.85. The van der Waals surface area contributed by atoms with Crippen molar-refractivity contribution in [2.75, 3.05) is 6.54 Å². The van der Waals surface area contributed by atoms with Gasteiger partial charge in [0, 0.05) is 36.0 Å². The predicted molar refractivity (Wildman–Crippen MR) is 126 cm³/mol. The number of amides is 1. The summed E-state index contributed by atoms with van der Waals surface area (Å²) < 4.78 is 2.23. The number of nitrogens with zero attached hydrogens (tertiary/aromatic N) is 4. The third-order valence-corrected chi connectivity index (χ3v) is 6.08. The number of hydrogen-bond donors (Lipinski definition) is 0. The Morgan fingerprint density at radius 2 is 1.97 bits per heavy atom. The van der Waals surface area contributed by atoms with E-state index >= 15 is 0 Å². The maximum absolute atomic E-state index is 12.8. The summed E-state index contributed by atoms with van der Waals surface area (Å²) in [5, 5.41) is 15.9. The molecule has 31 heavy (non-hydrogen) atoms. The van der Waals surface area contributed by atoms with Gasteiger partial charge in [0.15, 0.2) is 0 Å². The molecule has 0 spiro atoms. The summed E-state index contributed by atoms with van der Waals surface area (Å²) in [5.41, 5.74) is 2.65. The lowest BCUT2D eigenvalue weighted by Gasteiger charge is -2.11. The van der Waals surface area contributed by atoms with Crippen LogP contribution in [0.5, 0.6) is 0 Å². The SMILES string of the molecule is CCCN1C(=O)C(=Cc2cn(-c3ccccc3)nc2-c2cccc([N+](=O)[O-])c2)SC1=S. The molecule has 1 fully saturated rings. The van der Waals surface area contributed by atoms with Crippen molar-refractivity contribution in [3.8, 4) is 16.9 Å². The number of hydrogen-bond acceptors (Lipinski definition) is 6. The summed E-state index contributed by atoms with van der Waals surface area (Å²) in [6.45, 7) is 2.57. The lowest BCUT2D eigenvalue weighted by Crippen LogP contribution is -2.28. The predicted octanol–water partition coefficient (Wildman–Crippen LogP) is 5.06. The van der Waals surface area contributed by atoms with Crippen LogP contribution in [0, 0.1) is 10.1 Å². The van der Waals surface area contributed by atoms with Gasteiger partial charge in [-0.05, 0) is 24.6 Å². The summed E-state index contributed by atoms with van der Waals surface area (Å²) in [4.78, 5) is 25.7. The Hall–Kier alpha value is -3.30. The van der Waals surface area contributed by atoms with Crippen LogP contribution in [-0.4, -0.2) is 36.4 Å². The molecule has 9 heteroatoms. The first-order valence-electron chi connectivity index (χ1n) is 9.63. The number of benzene rings is 2. The van der Waals surface area contributed by atoms with Crippen LogP contribution in [0.3, 0.4) is 0 Å². The molecule has 2 aromatic carbocycles. The van der Waals surface area contributed by atoms with Gasteiger partial charge in [-0.2, -0.15) is 5.10 Å². The van der Waals surface area contributed by atoms with Crippen LogP contribution in [0.2, 0.25) is 0 Å². The monoisotopic (exact) mass is 450 g/mol. The molecule has 0 N–H and O–H groups in total. The van der Waals surface area contributed by atoms with Gasteiger partial charge in [0.25, 0.3) is 11.6 Å². The minimum absolute atomic E-state index is 0.0213. The zero-order valence-electron chi connectivity index (χ0n) is 16.6. The highest BCUT2D eigenvalue weighted by atomic mass is 32.2. The van der Waals surface area contributed by atoms with Crippen LogP contribution in [0.4, 0.5) is 5.69 Å². The fourth-order valence-electron chi connectivity index (χ4n) is 3.25. The first kappa shape index (κ1) is 21.0. The molecule has 1 aliphatic heterocycles. The fraction of sp³-hybridized carbons (Fsp3) is 0.136. The molecule has 0 radical (unpaired) electrons. The molecular formula is C22H18N4O3S2. The van der Waals surface area contributed by atoms with Gasteiger partial charge in [0.05, 0.1) is 15.5 Å². The molecule has 2 heterocycles. The Morgan fingerprint density at radius 3 is 2.68 bits per heavy atom. The number of aromatic nitrogens is 2. The molecule has 0 unspecified atom stereocenters. The van der Waals surface area contributed by atoms with Crippen LogP contribution in [-0.2, 0) is 4.79 Å². The van der Waals surface area contributed by atoms with Crippen molar-refractivity contribution in [2.24, 2.45) is 0 Å². The third-order valence-electron chi connectivity index (χ3n) is 4.70. The van der Waals surface area contributed by atoms with E-state index in [1.165, 1.54) is 23.9 Å². The molecule has 1 saturated heterocycles. The van der Waals surface area contributed by atoms with Crippen molar-refractivity contribution in [3.63, 3.8) is 0 Å². The first-order valence-corrected chi connectivity index (χ1v) is 10.9. The molecule has 1 amide bonds. The van der Waals surface area contributed by atoms with Crippen LogP contribution in [0.15, 0.2) is 65.7 Å². The van der Waals surface area contributed by atoms with E-state index in [4.69, 9.17) is 12.2 Å². The van der Waals surface area contributed by atoms with E-state index in [1.807, 2.05) is 43.5 Å². The number of para-hydroxylation sites is 1. The first-order chi connectivity index (χ1) is 15.0. The largest absolute Gasteiger partial charge is 0.293 e. The molecule has 0 saturated carbocycles. The smallest absolute Gasteiger partial charge is 0.270 e. The van der Waals surface area contributed by atoms with Gasteiger partial charge in [-0.3, -0.25) is 19.8 Å². The van der Waals surface area contributed by atoms with Gasteiger partial charge < -0.3 is 0 Å². The highest BCUT2D eigenvalue weighted by Crippen LogP contribution is 2.35. The molecule has 3 aromatic rings. The number of thioether (sulfide) groups is 1. The summed E-state index contributed by atoms with van der Waals surface area (Å²) in [7, 11) is 0. The maximum atomic E-state index is 12.8. The highest BCUT2D eigenvalue weighted by Gasteiger charge is 2.31. The number of nitro benzene ring substituents is 1. The second-order valence-corrected chi connectivity index (χ2v) is 8.53. The summed E-state index contributed by atoms with van der Waals surface area (Å²) >= 11 is 6.62. The molecule has 0 atom stereocenters. The molecule has 0 aliphatic carbocycles. The summed E-state index contributed by atoms with van der Waals surface area (Å²) in [6.07, 6.45) is 4.38.